The van der Waals surface area contributed by atoms with Gasteiger partial charge in [-0.3, -0.25) is 27.8 Å². The van der Waals surface area contributed by atoms with Gasteiger partial charge in [-0.15, -0.1) is 6.58 Å². The van der Waals surface area contributed by atoms with Crippen molar-refractivity contribution in [2.75, 3.05) is 18.5 Å². The van der Waals surface area contributed by atoms with E-state index in [1.165, 1.54) is 6.08 Å². The van der Waals surface area contributed by atoms with Crippen molar-refractivity contribution in [3.63, 3.8) is 0 Å². The number of aromatic nitrogens is 2. The molecule has 1 aliphatic rings. The summed E-state index contributed by atoms with van der Waals surface area (Å²) in [6.07, 6.45) is -1.74. The molecule has 2 heterocycles. The van der Waals surface area contributed by atoms with E-state index in [-0.39, 0.29) is 137 Å². The van der Waals surface area contributed by atoms with Gasteiger partial charge in [0.1, 0.15) is 18.0 Å². The second kappa shape index (κ2) is 18.2. The van der Waals surface area contributed by atoms with Crippen LogP contribution in [-0.4, -0.2) is 40.0 Å². The summed E-state index contributed by atoms with van der Waals surface area (Å²) in [5.74, 6) is 0. The first-order chi connectivity index (χ1) is 14.6. The monoisotopic (exact) mass is 611 g/mol. The SMILES string of the molecule is C=CCNc1cn([C@H]2C[C@H](O)[C@@H](COP(=O)([O-])OP(=O)([O-])OP(=O)([O-])[O-])O2)c(=O)[nH]c1=O.[Na+].[Na+].[Na+].[Na+]. The van der Waals surface area contributed by atoms with E-state index in [4.69, 9.17) is 4.74 Å². The molecule has 24 heteroatoms. The van der Waals surface area contributed by atoms with Crippen molar-refractivity contribution in [3.05, 3.63) is 39.7 Å². The van der Waals surface area contributed by atoms with Gasteiger partial charge in [0, 0.05) is 19.2 Å². The zero-order valence-corrected chi connectivity index (χ0v) is 30.4. The van der Waals surface area contributed by atoms with E-state index in [9.17, 15) is 48.0 Å². The number of aliphatic hydroxyl groups is 1. The fourth-order valence-corrected chi connectivity index (χ4v) is 5.36. The maximum absolute atomic E-state index is 12.1. The average Bonchev–Trinajstić information content (AvgIpc) is 2.97. The Hall–Kier alpha value is 2.55. The molecular weight excluding hydrogens is 595 g/mol. The summed E-state index contributed by atoms with van der Waals surface area (Å²) in [5, 5.41) is 12.7. The molecule has 3 N–H and O–H groups in total. The minimum absolute atomic E-state index is 0. The molecule has 0 amide bonds. The van der Waals surface area contributed by atoms with Gasteiger partial charge in [-0.1, -0.05) is 6.08 Å². The molecule has 0 spiro atoms. The van der Waals surface area contributed by atoms with Crippen LogP contribution in [0.15, 0.2) is 28.4 Å². The van der Waals surface area contributed by atoms with Crippen molar-refractivity contribution in [3.8, 4) is 0 Å². The molecule has 182 valence electrons. The first-order valence-corrected chi connectivity index (χ1v) is 12.8. The van der Waals surface area contributed by atoms with Crippen LogP contribution in [0.4, 0.5) is 5.69 Å². The van der Waals surface area contributed by atoms with Gasteiger partial charge >= 0.3 is 124 Å². The van der Waals surface area contributed by atoms with Crippen LogP contribution >= 0.6 is 23.5 Å². The summed E-state index contributed by atoms with van der Waals surface area (Å²) < 4.78 is 49.9. The number of phosphoric ester groups is 1. The molecular formula is C12H16N3Na4O14P3. The molecule has 0 bridgehead atoms. The predicted molar refractivity (Wildman–Crippen MR) is 95.5 cm³/mol. The molecule has 17 nitrogen and oxygen atoms in total. The van der Waals surface area contributed by atoms with Crippen LogP contribution in [0.3, 0.4) is 0 Å². The summed E-state index contributed by atoms with van der Waals surface area (Å²) >= 11 is 0. The summed E-state index contributed by atoms with van der Waals surface area (Å²) in [7, 11) is -18.1. The quantitative estimate of drug-likeness (QED) is 0.119. The molecule has 2 rings (SSSR count). The minimum atomic E-state index is -6.13. The second-order valence-corrected chi connectivity index (χ2v) is 10.4. The first-order valence-electron chi connectivity index (χ1n) is 8.37. The Labute approximate surface area is 292 Å². The minimum Gasteiger partial charge on any atom is -0.790 e. The molecule has 1 aliphatic heterocycles. The fourth-order valence-electron chi connectivity index (χ4n) is 2.49. The summed E-state index contributed by atoms with van der Waals surface area (Å²) in [5.41, 5.74) is -1.67. The van der Waals surface area contributed by atoms with Crippen molar-refractivity contribution in [1.82, 2.24) is 9.55 Å². The van der Waals surface area contributed by atoms with Crippen LogP contribution in [0.1, 0.15) is 12.6 Å². The van der Waals surface area contributed by atoms with Crippen LogP contribution in [0.5, 0.6) is 0 Å². The standard InChI is InChI=1S/C12H20N3O14P3.4Na/c1-2-3-13-7-5-15(12(18)14-11(7)17)10-4-8(16)9(27-10)6-26-31(22,23)29-32(24,25)28-30(19,20)21;;;;/h2,5,8-10,13,16H,1,3-4,6H2,(H,22,23)(H,24,25)(H,14,17,18)(H2,19,20,21);;;;/q;4*+1/p-4/t8-,9+,10+;;;;/m0..../s1. The number of H-pyrrole nitrogens is 1. The van der Waals surface area contributed by atoms with Crippen molar-refractivity contribution in [1.29, 1.82) is 0 Å². The third-order valence-electron chi connectivity index (χ3n) is 3.72. The number of ether oxygens (including phenoxy) is 1. The Morgan fingerprint density at radius 1 is 1.14 bits per heavy atom. The summed E-state index contributed by atoms with van der Waals surface area (Å²) in [4.78, 5) is 69.2. The van der Waals surface area contributed by atoms with Crippen molar-refractivity contribution >= 4 is 29.2 Å². The first kappa shape index (κ1) is 43.0. The van der Waals surface area contributed by atoms with Crippen molar-refractivity contribution < 1.29 is 174 Å². The number of hydrogen-bond acceptors (Lipinski definition) is 15. The van der Waals surface area contributed by atoms with Crippen LogP contribution in [0.2, 0.25) is 0 Å². The van der Waals surface area contributed by atoms with E-state index in [2.05, 4.69) is 25.0 Å². The van der Waals surface area contributed by atoms with Crippen LogP contribution in [0, 0.1) is 0 Å². The number of nitrogens with one attached hydrogen (secondary N) is 2. The largest absolute Gasteiger partial charge is 1.00 e. The average molecular weight is 611 g/mol. The molecule has 2 unspecified atom stereocenters. The van der Waals surface area contributed by atoms with Gasteiger partial charge in [-0.05, 0) is 0 Å². The molecule has 1 aromatic heterocycles. The maximum atomic E-state index is 12.1. The molecule has 1 aromatic rings. The molecule has 5 atom stereocenters. The normalized spacial score (nSPS) is 22.3. The molecule has 0 saturated carbocycles. The molecule has 1 fully saturated rings. The zero-order valence-electron chi connectivity index (χ0n) is 19.8. The molecule has 0 aromatic carbocycles. The summed E-state index contributed by atoms with van der Waals surface area (Å²) in [6.45, 7) is 2.62. The van der Waals surface area contributed by atoms with E-state index in [0.29, 0.717) is 0 Å². The van der Waals surface area contributed by atoms with Crippen molar-refractivity contribution in [2.24, 2.45) is 0 Å². The van der Waals surface area contributed by atoms with E-state index in [0.717, 1.165) is 10.8 Å². The van der Waals surface area contributed by atoms with Gasteiger partial charge in [-0.25, -0.2) is 9.11 Å². The topological polar surface area (TPSA) is 267 Å². The van der Waals surface area contributed by atoms with Gasteiger partial charge in [0.15, 0.2) is 0 Å². The van der Waals surface area contributed by atoms with Gasteiger partial charge in [0.2, 0.25) is 0 Å². The second-order valence-electron chi connectivity index (χ2n) is 6.11. The third-order valence-corrected chi connectivity index (χ3v) is 7.38. The Morgan fingerprint density at radius 2 is 1.72 bits per heavy atom. The van der Waals surface area contributed by atoms with Crippen LogP contribution in [0.25, 0.3) is 0 Å². The number of rotatable bonds is 11. The number of nitrogens with zero attached hydrogens (tertiary/aromatic N) is 1. The Balaban J connectivity index is -0.00000272. The number of aromatic amines is 1. The molecule has 1 saturated heterocycles. The maximum Gasteiger partial charge on any atom is 1.00 e. The molecule has 0 radical (unpaired) electrons. The summed E-state index contributed by atoms with van der Waals surface area (Å²) in [6, 6.07) is 0. The fraction of sp³-hybridized carbons (Fsp3) is 0.500. The Kier molecular flexibility index (Phi) is 21.7. The Bertz CT molecular complexity index is 1110. The van der Waals surface area contributed by atoms with Crippen LogP contribution in [-0.2, 0) is 31.6 Å². The van der Waals surface area contributed by atoms with E-state index >= 15 is 0 Å². The third kappa shape index (κ3) is 14.4. The number of anilines is 1. The molecule has 36 heavy (non-hydrogen) atoms. The zero-order chi connectivity index (χ0) is 24.3. The number of phosphoric acid groups is 3. The van der Waals surface area contributed by atoms with Gasteiger partial charge in [0.25, 0.3) is 21.2 Å². The van der Waals surface area contributed by atoms with E-state index in [1.54, 1.807) is 0 Å². The smallest absolute Gasteiger partial charge is 0.790 e. The van der Waals surface area contributed by atoms with E-state index in [1.807, 2.05) is 4.98 Å². The van der Waals surface area contributed by atoms with E-state index < -0.39 is 59.8 Å². The van der Waals surface area contributed by atoms with Gasteiger partial charge in [0.05, 0.1) is 20.5 Å². The van der Waals surface area contributed by atoms with Gasteiger partial charge < -0.3 is 43.8 Å². The Morgan fingerprint density at radius 3 is 2.25 bits per heavy atom. The van der Waals surface area contributed by atoms with Gasteiger partial charge in [-0.2, -0.15) is 0 Å². The number of hydrogen-bond donors (Lipinski definition) is 3. The number of aliphatic hydroxyl groups excluding tert-OH is 1. The van der Waals surface area contributed by atoms with Crippen molar-refractivity contribution in [2.45, 2.75) is 24.9 Å². The predicted octanol–water partition coefficient (Wildman–Crippen LogP) is -15.4. The molecule has 0 aliphatic carbocycles. The van der Waals surface area contributed by atoms with Crippen LogP contribution < -0.4 is 154 Å².